The topological polar surface area (TPSA) is 76.2 Å². The molecule has 1 N–H and O–H groups in total. The number of rotatable bonds is 10. The zero-order valence-corrected chi connectivity index (χ0v) is 22.6. The second-order valence-corrected chi connectivity index (χ2v) is 10.5. The molecule has 0 aromatic heterocycles. The number of carbonyl (C=O) groups is 3. The Morgan fingerprint density at radius 1 is 1.08 bits per heavy atom. The maximum absolute atomic E-state index is 13.5. The summed E-state index contributed by atoms with van der Waals surface area (Å²) in [6.07, 6.45) is 6.29. The van der Waals surface area contributed by atoms with Crippen LogP contribution in [0.15, 0.2) is 60.7 Å². The molecule has 2 fully saturated rings. The van der Waals surface area contributed by atoms with Gasteiger partial charge in [0, 0.05) is 24.6 Å². The van der Waals surface area contributed by atoms with Gasteiger partial charge in [-0.15, -0.1) is 6.42 Å². The van der Waals surface area contributed by atoms with Crippen LogP contribution in [0.1, 0.15) is 30.9 Å². The summed E-state index contributed by atoms with van der Waals surface area (Å²) in [5, 5.41) is 6.15. The summed E-state index contributed by atoms with van der Waals surface area (Å²) in [7, 11) is 0. The van der Waals surface area contributed by atoms with Crippen molar-refractivity contribution in [1.82, 2.24) is 25.1 Å². The molecule has 2 aliphatic heterocycles. The van der Waals surface area contributed by atoms with Crippen LogP contribution in [-0.4, -0.2) is 81.8 Å². The fourth-order valence-corrected chi connectivity index (χ4v) is 5.90. The number of piperazine rings is 1. The van der Waals surface area contributed by atoms with Crippen molar-refractivity contribution < 1.29 is 14.4 Å². The van der Waals surface area contributed by atoms with Crippen LogP contribution in [0, 0.1) is 12.3 Å². The first kappa shape index (κ1) is 27.6. The maximum Gasteiger partial charge on any atom is 0.334 e. The number of hydrogen-bond donors (Lipinski definition) is 1. The van der Waals surface area contributed by atoms with Gasteiger partial charge in [0.25, 0.3) is 0 Å². The van der Waals surface area contributed by atoms with Crippen molar-refractivity contribution in [3.63, 3.8) is 0 Å². The molecule has 0 bridgehead atoms. The van der Waals surface area contributed by atoms with Crippen molar-refractivity contribution in [3.8, 4) is 12.3 Å². The molecule has 38 heavy (non-hydrogen) atoms. The Morgan fingerprint density at radius 3 is 2.42 bits per heavy atom. The molecule has 2 saturated heterocycles. The Bertz CT molecular complexity index is 1140. The van der Waals surface area contributed by atoms with Crippen LogP contribution in [0.4, 0.5) is 4.79 Å². The molecule has 2 aliphatic rings. The number of urea groups is 1. The Labute approximate surface area is 229 Å². The van der Waals surface area contributed by atoms with E-state index in [1.807, 2.05) is 60.4 Å². The van der Waals surface area contributed by atoms with Gasteiger partial charge in [0.1, 0.15) is 12.2 Å². The van der Waals surface area contributed by atoms with Gasteiger partial charge in [-0.25, -0.2) is 9.80 Å². The summed E-state index contributed by atoms with van der Waals surface area (Å²) in [5.41, 5.74) is 2.20. The van der Waals surface area contributed by atoms with Crippen LogP contribution >= 0.6 is 11.8 Å². The number of thioether (sulfide) groups is 1. The Morgan fingerprint density at radius 2 is 1.76 bits per heavy atom. The molecule has 0 spiro atoms. The molecule has 0 radical (unpaired) electrons. The Balaban J connectivity index is 1.51. The molecule has 2 aromatic carbocycles. The van der Waals surface area contributed by atoms with Crippen molar-refractivity contribution in [2.24, 2.45) is 0 Å². The monoisotopic (exact) mass is 533 g/mol. The average Bonchev–Trinajstić information content (AvgIpc) is 2.93. The molecule has 4 rings (SSSR count). The van der Waals surface area contributed by atoms with Crippen LogP contribution in [-0.2, 0) is 21.9 Å². The molecule has 200 valence electrons. The highest BCUT2D eigenvalue weighted by Gasteiger charge is 2.50. The number of amides is 4. The van der Waals surface area contributed by atoms with Gasteiger partial charge in [-0.3, -0.25) is 9.59 Å². The molecular weight excluding hydrogens is 498 g/mol. The molecule has 0 aliphatic carbocycles. The lowest BCUT2D eigenvalue weighted by molar-refractivity contribution is -0.189. The third kappa shape index (κ3) is 6.50. The van der Waals surface area contributed by atoms with E-state index in [-0.39, 0.29) is 37.5 Å². The van der Waals surface area contributed by atoms with E-state index in [0.717, 1.165) is 23.5 Å². The minimum absolute atomic E-state index is 0.0418. The predicted octanol–water partition coefficient (Wildman–Crippen LogP) is 3.16. The van der Waals surface area contributed by atoms with Gasteiger partial charge in [0.15, 0.2) is 0 Å². The minimum atomic E-state index is -0.617. The summed E-state index contributed by atoms with van der Waals surface area (Å²) >= 11 is 1.76. The molecule has 4 amide bonds. The van der Waals surface area contributed by atoms with Crippen molar-refractivity contribution in [1.29, 1.82) is 0 Å². The summed E-state index contributed by atoms with van der Waals surface area (Å²) in [6, 6.07) is 18.9. The molecule has 0 unspecified atom stereocenters. The van der Waals surface area contributed by atoms with Crippen LogP contribution < -0.4 is 5.32 Å². The zero-order valence-electron chi connectivity index (χ0n) is 21.8. The van der Waals surface area contributed by atoms with E-state index < -0.39 is 12.2 Å². The Hall–Kier alpha value is -3.48. The van der Waals surface area contributed by atoms with E-state index in [9.17, 15) is 14.4 Å². The minimum Gasteiger partial charge on any atom is -0.336 e. The quantitative estimate of drug-likeness (QED) is 0.375. The molecule has 9 heteroatoms. The molecule has 2 aromatic rings. The highest BCUT2D eigenvalue weighted by molar-refractivity contribution is 7.98. The van der Waals surface area contributed by atoms with Gasteiger partial charge in [0.05, 0.1) is 19.6 Å². The molecular formula is C29H35N5O3S. The highest BCUT2D eigenvalue weighted by Crippen LogP contribution is 2.28. The number of hydrazine groups is 1. The average molecular weight is 534 g/mol. The lowest BCUT2D eigenvalue weighted by Gasteiger charge is -2.55. The van der Waals surface area contributed by atoms with Crippen LogP contribution in [0.3, 0.4) is 0 Å². The lowest BCUT2D eigenvalue weighted by Crippen LogP contribution is -2.76. The van der Waals surface area contributed by atoms with Crippen LogP contribution in [0.2, 0.25) is 0 Å². The molecule has 8 nitrogen and oxygen atoms in total. The van der Waals surface area contributed by atoms with Crippen molar-refractivity contribution in [2.75, 3.05) is 31.9 Å². The van der Waals surface area contributed by atoms with E-state index in [2.05, 4.69) is 23.4 Å². The zero-order chi connectivity index (χ0) is 26.9. The lowest BCUT2D eigenvalue weighted by atomic mass is 10.0. The van der Waals surface area contributed by atoms with Gasteiger partial charge < -0.3 is 15.1 Å². The number of hydrogen-bond acceptors (Lipinski definition) is 5. The van der Waals surface area contributed by atoms with Crippen molar-refractivity contribution >= 4 is 29.6 Å². The first-order valence-electron chi connectivity index (χ1n) is 13.0. The summed E-state index contributed by atoms with van der Waals surface area (Å²) in [4.78, 5) is 43.8. The fourth-order valence-electron chi connectivity index (χ4n) is 4.98. The van der Waals surface area contributed by atoms with Gasteiger partial charge in [0.2, 0.25) is 11.8 Å². The van der Waals surface area contributed by atoms with Crippen LogP contribution in [0.5, 0.6) is 0 Å². The number of nitrogens with one attached hydrogen (secondary N) is 1. The van der Waals surface area contributed by atoms with E-state index >= 15 is 0 Å². The van der Waals surface area contributed by atoms with Crippen molar-refractivity contribution in [3.05, 3.63) is 71.8 Å². The third-order valence-electron chi connectivity index (χ3n) is 6.78. The summed E-state index contributed by atoms with van der Waals surface area (Å²) in [6.45, 7) is 3.21. The number of terminal acetylenes is 1. The van der Waals surface area contributed by atoms with E-state index in [4.69, 9.17) is 6.42 Å². The third-order valence-corrected chi connectivity index (χ3v) is 7.79. The SMILES string of the molecule is C#CCN1CC(=O)N2[C@@H](CCC)C(=O)N(CCSCc3ccccc3)C[C@@H]2N1C(=O)NCc1ccccc1. The predicted molar refractivity (Wildman–Crippen MR) is 149 cm³/mol. The van der Waals surface area contributed by atoms with E-state index in [1.54, 1.807) is 26.7 Å². The number of fused-ring (bicyclic) bond motifs is 1. The van der Waals surface area contributed by atoms with Crippen molar-refractivity contribution in [2.45, 2.75) is 44.3 Å². The van der Waals surface area contributed by atoms with E-state index in [1.165, 1.54) is 5.56 Å². The Kier molecular flexibility index (Phi) is 9.68. The molecule has 2 atom stereocenters. The van der Waals surface area contributed by atoms with Gasteiger partial charge >= 0.3 is 6.03 Å². The maximum atomic E-state index is 13.5. The summed E-state index contributed by atoms with van der Waals surface area (Å²) in [5.74, 6) is 3.97. The number of benzene rings is 2. The normalized spacial score (nSPS) is 19.7. The van der Waals surface area contributed by atoms with E-state index in [0.29, 0.717) is 19.5 Å². The summed E-state index contributed by atoms with van der Waals surface area (Å²) < 4.78 is 0. The van der Waals surface area contributed by atoms with Gasteiger partial charge in [-0.1, -0.05) is 79.9 Å². The standard InChI is InChI=1S/C29H35N5O3S/c1-3-11-25-28(36)31(17-18-38-22-24-14-9-6-10-15-24)20-26-33(25)27(35)21-32(16-4-2)34(26)29(37)30-19-23-12-7-5-8-13-23/h2,5-10,12-15,25-26H,3,11,16-22H2,1H3,(H,30,37)/t25-,26-/m0/s1. The van der Waals surface area contributed by atoms with Crippen LogP contribution in [0.25, 0.3) is 0 Å². The second kappa shape index (κ2) is 13.4. The van der Waals surface area contributed by atoms with Gasteiger partial charge in [-0.05, 0) is 17.5 Å². The largest absolute Gasteiger partial charge is 0.336 e. The first-order chi connectivity index (χ1) is 18.5. The first-order valence-corrected chi connectivity index (χ1v) is 14.2. The smallest absolute Gasteiger partial charge is 0.334 e. The molecule has 2 heterocycles. The number of carbonyl (C=O) groups excluding carboxylic acids is 3. The highest BCUT2D eigenvalue weighted by atomic mass is 32.2. The second-order valence-electron chi connectivity index (χ2n) is 9.42. The molecule has 0 saturated carbocycles. The number of nitrogens with zero attached hydrogens (tertiary/aromatic N) is 4. The van der Waals surface area contributed by atoms with Gasteiger partial charge in [-0.2, -0.15) is 16.8 Å². The fraction of sp³-hybridized carbons (Fsp3) is 0.414.